The molecule has 19 heavy (non-hydrogen) atoms. The molecule has 100 valence electrons. The van der Waals surface area contributed by atoms with Gasteiger partial charge in [-0.1, -0.05) is 12.1 Å². The minimum atomic E-state index is -0.263. The van der Waals surface area contributed by atoms with Gasteiger partial charge in [0, 0.05) is 6.61 Å². The van der Waals surface area contributed by atoms with Crippen molar-refractivity contribution in [1.29, 1.82) is 5.26 Å². The normalized spacial score (nSPS) is 17.9. The molecule has 2 rings (SSSR count). The largest absolute Gasteiger partial charge is 0.376 e. The molecule has 1 unspecified atom stereocenters. The molecule has 0 bridgehead atoms. The Morgan fingerprint density at radius 1 is 1.53 bits per heavy atom. The highest BCUT2D eigenvalue weighted by atomic mass is 16.5. The van der Waals surface area contributed by atoms with E-state index in [1.54, 1.807) is 24.3 Å². The Bertz CT molecular complexity index is 476. The van der Waals surface area contributed by atoms with Crippen molar-refractivity contribution in [3.05, 3.63) is 29.8 Å². The second kappa shape index (κ2) is 6.88. The van der Waals surface area contributed by atoms with Crippen molar-refractivity contribution in [2.24, 2.45) is 0 Å². The van der Waals surface area contributed by atoms with Gasteiger partial charge >= 0.3 is 0 Å². The third-order valence-electron chi connectivity index (χ3n) is 2.88. The van der Waals surface area contributed by atoms with Crippen molar-refractivity contribution < 1.29 is 14.3 Å². The number of nitrogens with one attached hydrogen (secondary N) is 1. The van der Waals surface area contributed by atoms with Gasteiger partial charge in [0.15, 0.2) is 0 Å². The van der Waals surface area contributed by atoms with Crippen LogP contribution < -0.4 is 5.32 Å². The summed E-state index contributed by atoms with van der Waals surface area (Å²) < 4.78 is 10.7. The number of ether oxygens (including phenoxy) is 2. The minimum Gasteiger partial charge on any atom is -0.376 e. The maximum Gasteiger partial charge on any atom is 0.250 e. The molecule has 1 aromatic rings. The first-order chi connectivity index (χ1) is 9.29. The van der Waals surface area contributed by atoms with Crippen molar-refractivity contribution in [3.8, 4) is 6.07 Å². The van der Waals surface area contributed by atoms with Gasteiger partial charge < -0.3 is 14.8 Å². The molecule has 1 saturated heterocycles. The second-order valence-electron chi connectivity index (χ2n) is 4.36. The third kappa shape index (κ3) is 4.05. The fraction of sp³-hybridized carbons (Fsp3) is 0.429. The number of amides is 1. The van der Waals surface area contributed by atoms with Crippen LogP contribution in [0.25, 0.3) is 0 Å². The number of rotatable bonds is 5. The molecule has 5 nitrogen and oxygen atoms in total. The van der Waals surface area contributed by atoms with Gasteiger partial charge in [0.25, 0.3) is 0 Å². The number of anilines is 1. The smallest absolute Gasteiger partial charge is 0.250 e. The van der Waals surface area contributed by atoms with Crippen molar-refractivity contribution in [2.45, 2.75) is 18.9 Å². The molecule has 0 saturated carbocycles. The Morgan fingerprint density at radius 3 is 3.11 bits per heavy atom. The lowest BCUT2D eigenvalue weighted by Gasteiger charge is -2.10. The SMILES string of the molecule is N#Cc1ccccc1NC(=O)COCC1CCCO1. The zero-order valence-corrected chi connectivity index (χ0v) is 10.6. The Kier molecular flexibility index (Phi) is 4.90. The quantitative estimate of drug-likeness (QED) is 0.874. The third-order valence-corrected chi connectivity index (χ3v) is 2.88. The predicted molar refractivity (Wildman–Crippen MR) is 69.6 cm³/mol. The number of hydrogen-bond acceptors (Lipinski definition) is 4. The number of nitrogens with zero attached hydrogens (tertiary/aromatic N) is 1. The van der Waals surface area contributed by atoms with E-state index in [-0.39, 0.29) is 18.6 Å². The Labute approximate surface area is 112 Å². The van der Waals surface area contributed by atoms with E-state index < -0.39 is 0 Å². The summed E-state index contributed by atoms with van der Waals surface area (Å²) in [4.78, 5) is 11.7. The van der Waals surface area contributed by atoms with E-state index in [1.165, 1.54) is 0 Å². The molecule has 1 heterocycles. The molecule has 5 heteroatoms. The van der Waals surface area contributed by atoms with Crippen LogP contribution in [0.15, 0.2) is 24.3 Å². The summed E-state index contributed by atoms with van der Waals surface area (Å²) in [5.74, 6) is -0.263. The Balaban J connectivity index is 1.76. The maximum absolute atomic E-state index is 11.7. The molecule has 0 radical (unpaired) electrons. The molecule has 1 aliphatic heterocycles. The highest BCUT2D eigenvalue weighted by Crippen LogP contribution is 2.14. The molecule has 0 spiro atoms. The molecular weight excluding hydrogens is 244 g/mol. The summed E-state index contributed by atoms with van der Waals surface area (Å²) in [5.41, 5.74) is 0.950. The number of nitriles is 1. The highest BCUT2D eigenvalue weighted by Gasteiger charge is 2.16. The van der Waals surface area contributed by atoms with Crippen LogP contribution in [-0.4, -0.2) is 31.8 Å². The van der Waals surface area contributed by atoms with Crippen LogP contribution in [0.3, 0.4) is 0 Å². The Morgan fingerprint density at radius 2 is 2.37 bits per heavy atom. The van der Waals surface area contributed by atoms with E-state index in [2.05, 4.69) is 5.32 Å². The molecular formula is C14H16N2O3. The minimum absolute atomic E-state index is 0.0282. The van der Waals surface area contributed by atoms with Crippen molar-refractivity contribution in [3.63, 3.8) is 0 Å². The van der Waals surface area contributed by atoms with Crippen molar-refractivity contribution in [2.75, 3.05) is 25.1 Å². The lowest BCUT2D eigenvalue weighted by Crippen LogP contribution is -2.22. The average Bonchev–Trinajstić information content (AvgIpc) is 2.92. The van der Waals surface area contributed by atoms with Gasteiger partial charge in [-0.2, -0.15) is 5.26 Å². The molecule has 1 amide bonds. The van der Waals surface area contributed by atoms with Gasteiger partial charge in [0.2, 0.25) is 5.91 Å². The van der Waals surface area contributed by atoms with E-state index in [4.69, 9.17) is 14.7 Å². The number of carbonyl (C=O) groups excluding carboxylic acids is 1. The van der Waals surface area contributed by atoms with E-state index >= 15 is 0 Å². The van der Waals surface area contributed by atoms with E-state index in [0.717, 1.165) is 19.4 Å². The molecule has 1 N–H and O–H groups in total. The first-order valence-electron chi connectivity index (χ1n) is 6.28. The molecule has 0 aliphatic carbocycles. The summed E-state index contributed by atoms with van der Waals surface area (Å²) in [6, 6.07) is 8.89. The van der Waals surface area contributed by atoms with Crippen LogP contribution in [0.1, 0.15) is 18.4 Å². The lowest BCUT2D eigenvalue weighted by atomic mass is 10.2. The number of carbonyl (C=O) groups is 1. The topological polar surface area (TPSA) is 71.4 Å². The van der Waals surface area contributed by atoms with Crippen LogP contribution >= 0.6 is 0 Å². The van der Waals surface area contributed by atoms with Gasteiger partial charge in [-0.3, -0.25) is 4.79 Å². The fourth-order valence-electron chi connectivity index (χ4n) is 1.93. The van der Waals surface area contributed by atoms with E-state index in [9.17, 15) is 4.79 Å². The summed E-state index contributed by atoms with van der Waals surface area (Å²) in [6.07, 6.45) is 2.15. The van der Waals surface area contributed by atoms with E-state index in [0.29, 0.717) is 17.9 Å². The predicted octanol–water partition coefficient (Wildman–Crippen LogP) is 1.69. The monoisotopic (exact) mass is 260 g/mol. The first kappa shape index (κ1) is 13.5. The summed E-state index contributed by atoms with van der Waals surface area (Å²) >= 11 is 0. The summed E-state index contributed by atoms with van der Waals surface area (Å²) in [5, 5.41) is 11.6. The Hall–Kier alpha value is -1.90. The molecule has 1 atom stereocenters. The molecule has 1 aromatic carbocycles. The van der Waals surface area contributed by atoms with Crippen LogP contribution in [0.4, 0.5) is 5.69 Å². The van der Waals surface area contributed by atoms with Gasteiger partial charge in [0.05, 0.1) is 24.0 Å². The average molecular weight is 260 g/mol. The van der Waals surface area contributed by atoms with E-state index in [1.807, 2.05) is 6.07 Å². The number of hydrogen-bond donors (Lipinski definition) is 1. The van der Waals surface area contributed by atoms with Gasteiger partial charge in [0.1, 0.15) is 12.7 Å². The fourth-order valence-corrected chi connectivity index (χ4v) is 1.93. The van der Waals surface area contributed by atoms with Crippen LogP contribution in [0, 0.1) is 11.3 Å². The summed E-state index contributed by atoms with van der Waals surface area (Å²) in [6.45, 7) is 1.18. The standard InChI is InChI=1S/C14H16N2O3/c15-8-11-4-1-2-6-13(11)16-14(17)10-18-9-12-5-3-7-19-12/h1-2,4,6,12H,3,5,7,9-10H2,(H,16,17). The lowest BCUT2D eigenvalue weighted by molar-refractivity contribution is -0.121. The number of benzene rings is 1. The molecule has 1 aliphatic rings. The number of para-hydroxylation sites is 1. The van der Waals surface area contributed by atoms with Gasteiger partial charge in [-0.15, -0.1) is 0 Å². The highest BCUT2D eigenvalue weighted by molar-refractivity contribution is 5.92. The second-order valence-corrected chi connectivity index (χ2v) is 4.36. The van der Waals surface area contributed by atoms with Crippen molar-refractivity contribution >= 4 is 11.6 Å². The first-order valence-corrected chi connectivity index (χ1v) is 6.28. The summed E-state index contributed by atoms with van der Waals surface area (Å²) in [7, 11) is 0. The zero-order valence-electron chi connectivity index (χ0n) is 10.6. The van der Waals surface area contributed by atoms with Crippen LogP contribution in [0.2, 0.25) is 0 Å². The maximum atomic E-state index is 11.7. The molecule has 1 fully saturated rings. The van der Waals surface area contributed by atoms with Crippen molar-refractivity contribution in [1.82, 2.24) is 0 Å². The van der Waals surface area contributed by atoms with Crippen LogP contribution in [0.5, 0.6) is 0 Å². The zero-order chi connectivity index (χ0) is 13.5. The van der Waals surface area contributed by atoms with Gasteiger partial charge in [-0.05, 0) is 25.0 Å². The van der Waals surface area contributed by atoms with Crippen LogP contribution in [-0.2, 0) is 14.3 Å². The molecule has 0 aromatic heterocycles. The van der Waals surface area contributed by atoms with Gasteiger partial charge in [-0.25, -0.2) is 0 Å².